The van der Waals surface area contributed by atoms with Crippen molar-refractivity contribution in [1.82, 2.24) is 15.1 Å². The van der Waals surface area contributed by atoms with Crippen molar-refractivity contribution in [3.8, 4) is 17.6 Å². The first-order chi connectivity index (χ1) is 13.0. The van der Waals surface area contributed by atoms with Crippen LogP contribution >= 0.6 is 0 Å². The summed E-state index contributed by atoms with van der Waals surface area (Å²) >= 11 is 0. The molecule has 0 aromatic heterocycles. The van der Waals surface area contributed by atoms with Crippen LogP contribution in [0.1, 0.15) is 19.4 Å². The molecule has 0 saturated carbocycles. The first-order valence-corrected chi connectivity index (χ1v) is 9.30. The quantitative estimate of drug-likeness (QED) is 0.607. The molecule has 2 aliphatic heterocycles. The van der Waals surface area contributed by atoms with E-state index in [1.165, 1.54) is 5.56 Å². The third-order valence-corrected chi connectivity index (χ3v) is 4.60. The molecule has 0 spiro atoms. The van der Waals surface area contributed by atoms with Crippen LogP contribution in [0.5, 0.6) is 11.5 Å². The summed E-state index contributed by atoms with van der Waals surface area (Å²) in [5.74, 6) is 1.66. The fourth-order valence-electron chi connectivity index (χ4n) is 3.06. The maximum Gasteiger partial charge on any atom is 0.263 e. The van der Waals surface area contributed by atoms with Gasteiger partial charge in [0, 0.05) is 45.5 Å². The van der Waals surface area contributed by atoms with Crippen LogP contribution in [-0.4, -0.2) is 55.2 Å². The second-order valence-corrected chi connectivity index (χ2v) is 7.26. The summed E-state index contributed by atoms with van der Waals surface area (Å²) in [4.78, 5) is 16.5. The number of hydrogen-bond acceptors (Lipinski definition) is 6. The number of hydrogen-bond donors (Lipinski definition) is 1. The van der Waals surface area contributed by atoms with Gasteiger partial charge in [0.05, 0.1) is 0 Å². The van der Waals surface area contributed by atoms with Gasteiger partial charge in [0.25, 0.3) is 5.91 Å². The summed E-state index contributed by atoms with van der Waals surface area (Å²) in [7, 11) is 0. The summed E-state index contributed by atoms with van der Waals surface area (Å²) in [5, 5.41) is 12.1. The summed E-state index contributed by atoms with van der Waals surface area (Å²) in [6.45, 7) is 9.06. The molecule has 1 amide bonds. The Morgan fingerprint density at radius 2 is 2.00 bits per heavy atom. The minimum Gasteiger partial charge on any atom is -0.454 e. The van der Waals surface area contributed by atoms with Crippen molar-refractivity contribution in [2.75, 3.05) is 39.5 Å². The molecule has 27 heavy (non-hydrogen) atoms. The van der Waals surface area contributed by atoms with Gasteiger partial charge in [0.15, 0.2) is 11.5 Å². The zero-order valence-corrected chi connectivity index (χ0v) is 15.9. The predicted octanol–water partition coefficient (Wildman–Crippen LogP) is 1.71. The molecule has 1 aromatic rings. The Bertz CT molecular complexity index is 746. The highest BCUT2D eigenvalue weighted by Gasteiger charge is 2.19. The minimum atomic E-state index is -0.297. The molecule has 0 atom stereocenters. The summed E-state index contributed by atoms with van der Waals surface area (Å²) in [6, 6.07) is 8.06. The Morgan fingerprint density at radius 3 is 2.70 bits per heavy atom. The summed E-state index contributed by atoms with van der Waals surface area (Å²) in [6.07, 6.45) is 1.69. The fraction of sp³-hybridized carbons (Fsp3) is 0.500. The number of fused-ring (bicyclic) bond motifs is 1. The van der Waals surface area contributed by atoms with Crippen molar-refractivity contribution in [3.63, 3.8) is 0 Å². The highest BCUT2D eigenvalue weighted by Crippen LogP contribution is 2.32. The minimum absolute atomic E-state index is 0.167. The van der Waals surface area contributed by atoms with E-state index in [1.807, 2.05) is 36.9 Å². The van der Waals surface area contributed by atoms with Gasteiger partial charge >= 0.3 is 0 Å². The Kier molecular flexibility index (Phi) is 6.20. The highest BCUT2D eigenvalue weighted by molar-refractivity contribution is 5.97. The van der Waals surface area contributed by atoms with Crippen LogP contribution in [0.3, 0.4) is 0 Å². The molecule has 3 rings (SSSR count). The maximum atomic E-state index is 12.1. The number of rotatable bonds is 6. The lowest BCUT2D eigenvalue weighted by atomic mass is 10.1. The zero-order chi connectivity index (χ0) is 19.2. The van der Waals surface area contributed by atoms with Gasteiger partial charge in [-0.1, -0.05) is 19.9 Å². The van der Waals surface area contributed by atoms with Crippen molar-refractivity contribution < 1.29 is 14.3 Å². The van der Waals surface area contributed by atoms with E-state index in [0.29, 0.717) is 12.5 Å². The number of benzene rings is 1. The average molecular weight is 370 g/mol. The van der Waals surface area contributed by atoms with E-state index in [4.69, 9.17) is 9.47 Å². The molecule has 1 saturated heterocycles. The van der Waals surface area contributed by atoms with Gasteiger partial charge in [0.2, 0.25) is 6.79 Å². The summed E-state index contributed by atoms with van der Waals surface area (Å²) in [5.41, 5.74) is 1.36. The average Bonchev–Trinajstić information content (AvgIpc) is 3.13. The number of carbonyl (C=O) groups is 1. The molecule has 7 heteroatoms. The van der Waals surface area contributed by atoms with Gasteiger partial charge in [0.1, 0.15) is 11.6 Å². The number of piperazine rings is 1. The Labute approximate surface area is 160 Å². The second kappa shape index (κ2) is 8.78. The number of nitrogens with one attached hydrogen (secondary N) is 1. The lowest BCUT2D eigenvalue weighted by Crippen LogP contribution is -2.44. The van der Waals surface area contributed by atoms with E-state index in [1.54, 1.807) is 6.20 Å². The molecule has 0 radical (unpaired) electrons. The monoisotopic (exact) mass is 370 g/mol. The number of nitrogens with zero attached hydrogens (tertiary/aromatic N) is 3. The van der Waals surface area contributed by atoms with Gasteiger partial charge < -0.3 is 19.7 Å². The third kappa shape index (κ3) is 5.14. The largest absolute Gasteiger partial charge is 0.454 e. The summed E-state index contributed by atoms with van der Waals surface area (Å²) < 4.78 is 10.8. The molecular weight excluding hydrogens is 344 g/mol. The zero-order valence-electron chi connectivity index (χ0n) is 15.9. The normalized spacial score (nSPS) is 17.1. The van der Waals surface area contributed by atoms with E-state index in [0.717, 1.165) is 44.2 Å². The van der Waals surface area contributed by atoms with Crippen LogP contribution in [-0.2, 0) is 11.3 Å². The van der Waals surface area contributed by atoms with Crippen LogP contribution in [0.2, 0.25) is 0 Å². The van der Waals surface area contributed by atoms with E-state index in [-0.39, 0.29) is 18.3 Å². The van der Waals surface area contributed by atoms with E-state index in [9.17, 15) is 10.1 Å². The lowest BCUT2D eigenvalue weighted by Gasteiger charge is -2.34. The molecule has 1 fully saturated rings. The van der Waals surface area contributed by atoms with Gasteiger partial charge in [-0.05, 0) is 23.6 Å². The molecule has 2 heterocycles. The molecule has 0 aliphatic carbocycles. The van der Waals surface area contributed by atoms with Crippen LogP contribution in [0, 0.1) is 17.2 Å². The van der Waals surface area contributed by atoms with Crippen molar-refractivity contribution in [2.24, 2.45) is 5.92 Å². The van der Waals surface area contributed by atoms with Gasteiger partial charge in [-0.3, -0.25) is 9.69 Å². The van der Waals surface area contributed by atoms with Gasteiger partial charge in [-0.25, -0.2) is 0 Å². The number of amides is 1. The van der Waals surface area contributed by atoms with E-state index >= 15 is 0 Å². The smallest absolute Gasteiger partial charge is 0.263 e. The molecular formula is C20H26N4O3. The molecule has 2 aliphatic rings. The highest BCUT2D eigenvalue weighted by atomic mass is 16.7. The topological polar surface area (TPSA) is 77.8 Å². The van der Waals surface area contributed by atoms with Crippen LogP contribution in [0.25, 0.3) is 0 Å². The SMILES string of the molecule is CC(C)CNC(=O)/C(C#N)=C\N1CCN(Cc2ccc3c(c2)OCO3)CC1. The van der Waals surface area contributed by atoms with E-state index < -0.39 is 0 Å². The molecule has 7 nitrogen and oxygen atoms in total. The first-order valence-electron chi connectivity index (χ1n) is 9.30. The number of nitriles is 1. The van der Waals surface area contributed by atoms with Crippen molar-refractivity contribution in [2.45, 2.75) is 20.4 Å². The predicted molar refractivity (Wildman–Crippen MR) is 101 cm³/mol. The van der Waals surface area contributed by atoms with Gasteiger partial charge in [-0.2, -0.15) is 5.26 Å². The Morgan fingerprint density at radius 1 is 1.26 bits per heavy atom. The first kappa shape index (κ1) is 19.1. The lowest BCUT2D eigenvalue weighted by molar-refractivity contribution is -0.117. The molecule has 0 unspecified atom stereocenters. The van der Waals surface area contributed by atoms with Crippen molar-refractivity contribution >= 4 is 5.91 Å². The van der Waals surface area contributed by atoms with Crippen LogP contribution in [0.15, 0.2) is 30.0 Å². The molecule has 1 N–H and O–H groups in total. The van der Waals surface area contributed by atoms with E-state index in [2.05, 4.69) is 16.3 Å². The third-order valence-electron chi connectivity index (χ3n) is 4.60. The Hall–Kier alpha value is -2.72. The van der Waals surface area contributed by atoms with Gasteiger partial charge in [-0.15, -0.1) is 0 Å². The number of carbonyl (C=O) groups excluding carboxylic acids is 1. The molecule has 1 aromatic carbocycles. The fourth-order valence-corrected chi connectivity index (χ4v) is 3.06. The van der Waals surface area contributed by atoms with Crippen LogP contribution < -0.4 is 14.8 Å². The second-order valence-electron chi connectivity index (χ2n) is 7.26. The Balaban J connectivity index is 1.50. The maximum absolute atomic E-state index is 12.1. The molecule has 0 bridgehead atoms. The van der Waals surface area contributed by atoms with Crippen molar-refractivity contribution in [1.29, 1.82) is 5.26 Å². The van der Waals surface area contributed by atoms with Crippen LogP contribution in [0.4, 0.5) is 0 Å². The standard InChI is InChI=1S/C20H26N4O3/c1-15(2)11-22-20(25)17(10-21)13-24-7-5-23(6-8-24)12-16-3-4-18-19(9-16)27-14-26-18/h3-4,9,13,15H,5-8,11-12,14H2,1-2H3,(H,22,25)/b17-13-. The number of ether oxygens (including phenoxy) is 2. The van der Waals surface area contributed by atoms with Crippen molar-refractivity contribution in [3.05, 3.63) is 35.5 Å². The molecule has 144 valence electrons.